The lowest BCUT2D eigenvalue weighted by molar-refractivity contribution is 0.0473. The lowest BCUT2D eigenvalue weighted by atomic mass is 9.73. The molecule has 2 saturated heterocycles. The van der Waals surface area contributed by atoms with E-state index in [1.54, 1.807) is 0 Å². The summed E-state index contributed by atoms with van der Waals surface area (Å²) >= 11 is 0. The zero-order chi connectivity index (χ0) is 17.4. The zero-order valence-corrected chi connectivity index (χ0v) is 17.0. The topological polar surface area (TPSA) is 9.72 Å². The van der Waals surface area contributed by atoms with E-state index in [2.05, 4.69) is 28.5 Å². The summed E-state index contributed by atoms with van der Waals surface area (Å²) in [6, 6.07) is 0.905. The van der Waals surface area contributed by atoms with Gasteiger partial charge in [0, 0.05) is 32.2 Å². The molecule has 2 atom stereocenters. The second-order valence-corrected chi connectivity index (χ2v) is 7.82. The van der Waals surface area contributed by atoms with E-state index in [9.17, 15) is 0 Å². The van der Waals surface area contributed by atoms with Crippen LogP contribution in [0.15, 0.2) is 0 Å². The number of hydrogen-bond donors (Lipinski definition) is 0. The third kappa shape index (κ3) is 5.44. The molecule has 0 aromatic carbocycles. The molecule has 3 heteroatoms. The fraction of sp³-hybridized carbons (Fsp3) is 1.00. The molecule has 3 fully saturated rings. The fourth-order valence-electron chi connectivity index (χ4n) is 5.15. The van der Waals surface area contributed by atoms with Crippen molar-refractivity contribution in [3.05, 3.63) is 0 Å². The second kappa shape index (κ2) is 10.8. The van der Waals surface area contributed by atoms with Crippen LogP contribution in [0.2, 0.25) is 0 Å². The Morgan fingerprint density at radius 1 is 0.667 bits per heavy atom. The van der Waals surface area contributed by atoms with Crippen molar-refractivity contribution in [1.82, 2.24) is 14.7 Å². The number of hydrogen-bond acceptors (Lipinski definition) is 3. The molecule has 0 aromatic rings. The first kappa shape index (κ1) is 20.2. The van der Waals surface area contributed by atoms with Crippen molar-refractivity contribution in [3.8, 4) is 0 Å². The van der Waals surface area contributed by atoms with Gasteiger partial charge in [0.15, 0.2) is 0 Å². The van der Waals surface area contributed by atoms with Gasteiger partial charge in [0.25, 0.3) is 0 Å². The van der Waals surface area contributed by atoms with Crippen LogP contribution in [0, 0.1) is 11.8 Å². The standard InChI is InChI=1S/C19H37N3.C2H6/c1-3-20-10-8-17(9-11-20)18-6-5-7-19(16-18)22-14-12-21(4-2)13-15-22;1-2/h17-19H,3-16H2,1-2H3;1-2H3. The van der Waals surface area contributed by atoms with Crippen LogP contribution in [0.25, 0.3) is 0 Å². The Kier molecular flexibility index (Phi) is 9.07. The highest BCUT2D eigenvalue weighted by molar-refractivity contribution is 4.87. The van der Waals surface area contributed by atoms with Crippen molar-refractivity contribution >= 4 is 0 Å². The molecule has 3 nitrogen and oxygen atoms in total. The van der Waals surface area contributed by atoms with Crippen molar-refractivity contribution in [2.75, 3.05) is 52.4 Å². The summed E-state index contributed by atoms with van der Waals surface area (Å²) in [7, 11) is 0. The number of likely N-dealkylation sites (tertiary alicyclic amines) is 1. The van der Waals surface area contributed by atoms with E-state index in [4.69, 9.17) is 0 Å². The Hall–Kier alpha value is -0.120. The SMILES string of the molecule is CC.CCN1CCC(C2CCCC(N3CCN(CC)CC3)C2)CC1. The molecule has 0 spiro atoms. The van der Waals surface area contributed by atoms with Gasteiger partial charge in [0.2, 0.25) is 0 Å². The van der Waals surface area contributed by atoms with Crippen LogP contribution < -0.4 is 0 Å². The first-order chi connectivity index (χ1) is 11.8. The maximum Gasteiger partial charge on any atom is 0.0113 e. The highest BCUT2D eigenvalue weighted by Gasteiger charge is 2.33. The molecule has 0 radical (unpaired) electrons. The van der Waals surface area contributed by atoms with E-state index in [0.29, 0.717) is 0 Å². The molecule has 2 heterocycles. The molecule has 0 N–H and O–H groups in total. The second-order valence-electron chi connectivity index (χ2n) is 7.82. The van der Waals surface area contributed by atoms with Gasteiger partial charge in [0.1, 0.15) is 0 Å². The monoisotopic (exact) mass is 337 g/mol. The predicted molar refractivity (Wildman–Crippen MR) is 106 cm³/mol. The van der Waals surface area contributed by atoms with Crippen LogP contribution in [0.1, 0.15) is 66.2 Å². The normalized spacial score (nSPS) is 31.5. The van der Waals surface area contributed by atoms with Crippen LogP contribution in [0.4, 0.5) is 0 Å². The maximum atomic E-state index is 2.83. The average molecular weight is 338 g/mol. The van der Waals surface area contributed by atoms with Crippen LogP contribution in [0.5, 0.6) is 0 Å². The molecule has 2 unspecified atom stereocenters. The Balaban J connectivity index is 0.00000100. The van der Waals surface area contributed by atoms with Crippen molar-refractivity contribution < 1.29 is 0 Å². The predicted octanol–water partition coefficient (Wildman–Crippen LogP) is 3.94. The number of piperazine rings is 1. The molecule has 1 saturated carbocycles. The van der Waals surface area contributed by atoms with Gasteiger partial charge >= 0.3 is 0 Å². The Morgan fingerprint density at radius 3 is 1.83 bits per heavy atom. The smallest absolute Gasteiger partial charge is 0.0113 e. The number of rotatable bonds is 4. The number of likely N-dealkylation sites (N-methyl/N-ethyl adjacent to an activating group) is 1. The first-order valence-electron chi connectivity index (χ1n) is 11.0. The van der Waals surface area contributed by atoms with Crippen LogP contribution in [-0.4, -0.2) is 73.1 Å². The molecule has 0 bridgehead atoms. The lowest BCUT2D eigenvalue weighted by Crippen LogP contribution is -2.51. The number of nitrogens with zero attached hydrogens (tertiary/aromatic N) is 3. The Labute approximate surface area is 151 Å². The van der Waals surface area contributed by atoms with E-state index < -0.39 is 0 Å². The maximum absolute atomic E-state index is 2.83. The summed E-state index contributed by atoms with van der Waals surface area (Å²) in [6.07, 6.45) is 8.91. The largest absolute Gasteiger partial charge is 0.304 e. The molecule has 142 valence electrons. The molecule has 1 aliphatic carbocycles. The molecular weight excluding hydrogens is 294 g/mol. The summed E-state index contributed by atoms with van der Waals surface area (Å²) in [5.41, 5.74) is 0. The average Bonchev–Trinajstić information content (AvgIpc) is 2.70. The van der Waals surface area contributed by atoms with E-state index in [0.717, 1.165) is 17.9 Å². The van der Waals surface area contributed by atoms with Crippen LogP contribution in [0.3, 0.4) is 0 Å². The van der Waals surface area contributed by atoms with Gasteiger partial charge in [-0.15, -0.1) is 0 Å². The van der Waals surface area contributed by atoms with E-state index in [1.807, 2.05) is 13.8 Å². The number of piperidine rings is 1. The highest BCUT2D eigenvalue weighted by atomic mass is 15.3. The first-order valence-corrected chi connectivity index (χ1v) is 11.0. The van der Waals surface area contributed by atoms with E-state index in [1.165, 1.54) is 90.9 Å². The highest BCUT2D eigenvalue weighted by Crippen LogP contribution is 2.37. The molecule has 24 heavy (non-hydrogen) atoms. The zero-order valence-electron chi connectivity index (χ0n) is 17.0. The molecule has 3 aliphatic rings. The van der Waals surface area contributed by atoms with Gasteiger partial charge in [-0.3, -0.25) is 4.90 Å². The van der Waals surface area contributed by atoms with Crippen molar-refractivity contribution in [3.63, 3.8) is 0 Å². The Morgan fingerprint density at radius 2 is 1.25 bits per heavy atom. The van der Waals surface area contributed by atoms with Gasteiger partial charge in [-0.2, -0.15) is 0 Å². The third-order valence-corrected chi connectivity index (χ3v) is 6.80. The van der Waals surface area contributed by atoms with Crippen LogP contribution in [-0.2, 0) is 0 Å². The molecular formula is C21H43N3. The molecule has 3 rings (SSSR count). The summed E-state index contributed by atoms with van der Waals surface area (Å²) in [6.45, 7) is 19.0. The minimum absolute atomic E-state index is 0.905. The van der Waals surface area contributed by atoms with Gasteiger partial charge in [0.05, 0.1) is 0 Å². The van der Waals surface area contributed by atoms with Crippen molar-refractivity contribution in [1.29, 1.82) is 0 Å². The summed E-state index contributed by atoms with van der Waals surface area (Å²) < 4.78 is 0. The minimum atomic E-state index is 0.905. The van der Waals surface area contributed by atoms with Gasteiger partial charge in [-0.1, -0.05) is 40.5 Å². The molecule has 0 amide bonds. The Bertz CT molecular complexity index is 287. The molecule has 0 aromatic heterocycles. The summed E-state index contributed by atoms with van der Waals surface area (Å²) in [5, 5.41) is 0. The fourth-order valence-corrected chi connectivity index (χ4v) is 5.15. The van der Waals surface area contributed by atoms with Crippen molar-refractivity contribution in [2.45, 2.75) is 72.3 Å². The van der Waals surface area contributed by atoms with Crippen LogP contribution >= 0.6 is 0 Å². The van der Waals surface area contributed by atoms with Crippen molar-refractivity contribution in [2.24, 2.45) is 11.8 Å². The summed E-state index contributed by atoms with van der Waals surface area (Å²) in [5.74, 6) is 2.06. The lowest BCUT2D eigenvalue weighted by Gasteiger charge is -2.45. The van der Waals surface area contributed by atoms with Gasteiger partial charge < -0.3 is 9.80 Å². The quantitative estimate of drug-likeness (QED) is 0.769. The van der Waals surface area contributed by atoms with E-state index in [-0.39, 0.29) is 0 Å². The summed E-state index contributed by atoms with van der Waals surface area (Å²) in [4.78, 5) is 8.08. The van der Waals surface area contributed by atoms with Gasteiger partial charge in [-0.25, -0.2) is 0 Å². The molecule has 2 aliphatic heterocycles. The van der Waals surface area contributed by atoms with Gasteiger partial charge in [-0.05, 0) is 63.7 Å². The minimum Gasteiger partial charge on any atom is -0.304 e. The van der Waals surface area contributed by atoms with E-state index >= 15 is 0 Å². The third-order valence-electron chi connectivity index (χ3n) is 6.80.